The number of amides is 2. The number of nitrogens with one attached hydrogen (secondary N) is 1. The third kappa shape index (κ3) is 4.89. The molecule has 0 aliphatic heterocycles. The predicted molar refractivity (Wildman–Crippen MR) is 115 cm³/mol. The summed E-state index contributed by atoms with van der Waals surface area (Å²) in [6.07, 6.45) is 0.964. The molecule has 0 atom stereocenters. The largest absolute Gasteiger partial charge is 0.344 e. The van der Waals surface area contributed by atoms with E-state index in [-0.39, 0.29) is 11.8 Å². The number of anilines is 1. The molecule has 8 heteroatoms. The van der Waals surface area contributed by atoms with Crippen LogP contribution in [0, 0.1) is 20.8 Å². The fraction of sp³-hybridized carbons (Fsp3) is 0.333. The summed E-state index contributed by atoms with van der Waals surface area (Å²) in [5.41, 5.74) is 4.77. The minimum absolute atomic E-state index is 0.108. The molecule has 29 heavy (non-hydrogen) atoms. The van der Waals surface area contributed by atoms with Crippen LogP contribution in [0.2, 0.25) is 0 Å². The number of thiazole rings is 1. The van der Waals surface area contributed by atoms with E-state index in [1.165, 1.54) is 16.2 Å². The molecule has 1 N–H and O–H groups in total. The van der Waals surface area contributed by atoms with E-state index in [1.54, 1.807) is 21.0 Å². The molecule has 152 valence electrons. The zero-order chi connectivity index (χ0) is 21.1. The molecule has 0 unspecified atom stereocenters. The van der Waals surface area contributed by atoms with Crippen LogP contribution >= 0.6 is 11.3 Å². The lowest BCUT2D eigenvalue weighted by molar-refractivity contribution is -0.116. The van der Waals surface area contributed by atoms with Crippen molar-refractivity contribution in [3.05, 3.63) is 57.9 Å². The Morgan fingerprint density at radius 1 is 1.14 bits per heavy atom. The molecule has 1 aromatic carbocycles. The van der Waals surface area contributed by atoms with Crippen LogP contribution in [0.4, 0.5) is 5.13 Å². The molecule has 2 amide bonds. The Kier molecular flexibility index (Phi) is 6.12. The first-order valence-electron chi connectivity index (χ1n) is 9.36. The number of aryl methyl sites for hydroxylation is 4. The van der Waals surface area contributed by atoms with Crippen LogP contribution in [0.5, 0.6) is 0 Å². The topological polar surface area (TPSA) is 80.1 Å². The Morgan fingerprint density at radius 3 is 2.41 bits per heavy atom. The number of hydrogen-bond donors (Lipinski definition) is 1. The molecular weight excluding hydrogens is 386 g/mol. The van der Waals surface area contributed by atoms with Crippen molar-refractivity contribution in [2.45, 2.75) is 33.6 Å². The molecule has 0 radical (unpaired) electrons. The van der Waals surface area contributed by atoms with E-state index in [1.807, 2.05) is 48.9 Å². The Morgan fingerprint density at radius 2 is 1.83 bits per heavy atom. The molecule has 3 rings (SSSR count). The van der Waals surface area contributed by atoms with Crippen molar-refractivity contribution in [3.8, 4) is 5.69 Å². The summed E-state index contributed by atoms with van der Waals surface area (Å²) in [6, 6.07) is 10.1. The maximum atomic E-state index is 12.3. The van der Waals surface area contributed by atoms with E-state index in [0.29, 0.717) is 28.5 Å². The molecule has 0 saturated carbocycles. The van der Waals surface area contributed by atoms with Gasteiger partial charge >= 0.3 is 0 Å². The van der Waals surface area contributed by atoms with E-state index in [9.17, 15) is 9.59 Å². The van der Waals surface area contributed by atoms with Crippen LogP contribution in [0.1, 0.15) is 38.7 Å². The molecule has 0 bridgehead atoms. The van der Waals surface area contributed by atoms with E-state index < -0.39 is 0 Å². The smallest absolute Gasteiger partial charge is 0.265 e. The van der Waals surface area contributed by atoms with Crippen molar-refractivity contribution in [1.29, 1.82) is 0 Å². The number of carbonyl (C=O) groups is 2. The Labute approximate surface area is 174 Å². The predicted octanol–water partition coefficient (Wildman–Crippen LogP) is 3.53. The summed E-state index contributed by atoms with van der Waals surface area (Å²) in [5, 5.41) is 7.74. The van der Waals surface area contributed by atoms with E-state index >= 15 is 0 Å². The lowest BCUT2D eigenvalue weighted by Gasteiger charge is -2.07. The van der Waals surface area contributed by atoms with Gasteiger partial charge in [0, 0.05) is 26.2 Å². The minimum Gasteiger partial charge on any atom is -0.344 e. The highest BCUT2D eigenvalue weighted by molar-refractivity contribution is 7.17. The van der Waals surface area contributed by atoms with Gasteiger partial charge in [-0.05, 0) is 51.0 Å². The van der Waals surface area contributed by atoms with Crippen molar-refractivity contribution >= 4 is 28.3 Å². The Hall–Kier alpha value is -3.00. The summed E-state index contributed by atoms with van der Waals surface area (Å²) in [5.74, 6) is -0.228. The van der Waals surface area contributed by atoms with Crippen molar-refractivity contribution in [3.63, 3.8) is 0 Å². The van der Waals surface area contributed by atoms with E-state index in [0.717, 1.165) is 22.6 Å². The van der Waals surface area contributed by atoms with Crippen LogP contribution in [-0.2, 0) is 11.2 Å². The minimum atomic E-state index is -0.120. The first-order valence-corrected chi connectivity index (χ1v) is 10.2. The van der Waals surface area contributed by atoms with Gasteiger partial charge in [-0.25, -0.2) is 9.67 Å². The lowest BCUT2D eigenvalue weighted by atomic mass is 10.1. The summed E-state index contributed by atoms with van der Waals surface area (Å²) in [7, 11) is 3.39. The third-order valence-electron chi connectivity index (χ3n) is 4.47. The standard InChI is InChI=1S/C21H25N5O2S/c1-13-12-14(2)26(24-13)17-9-6-16(7-10-17)8-11-18(27)23-21-22-15(3)19(29-21)20(28)25(4)5/h6-7,9-10,12H,8,11H2,1-5H3,(H,22,23,27). The Bertz CT molecular complexity index is 1030. The van der Waals surface area contributed by atoms with Gasteiger partial charge in [0.05, 0.1) is 17.1 Å². The number of hydrogen-bond acceptors (Lipinski definition) is 5. The Balaban J connectivity index is 1.58. The summed E-state index contributed by atoms with van der Waals surface area (Å²) >= 11 is 1.20. The highest BCUT2D eigenvalue weighted by Gasteiger charge is 2.18. The summed E-state index contributed by atoms with van der Waals surface area (Å²) < 4.78 is 1.91. The second-order valence-corrected chi connectivity index (χ2v) is 8.19. The van der Waals surface area contributed by atoms with Gasteiger partial charge in [0.1, 0.15) is 4.88 Å². The van der Waals surface area contributed by atoms with E-state index in [4.69, 9.17) is 0 Å². The number of rotatable bonds is 6. The molecule has 0 aliphatic carbocycles. The summed E-state index contributed by atoms with van der Waals surface area (Å²) in [6.45, 7) is 5.77. The maximum absolute atomic E-state index is 12.3. The van der Waals surface area contributed by atoms with Crippen molar-refractivity contribution in [1.82, 2.24) is 19.7 Å². The van der Waals surface area contributed by atoms with Crippen LogP contribution < -0.4 is 5.32 Å². The number of nitrogens with zero attached hydrogens (tertiary/aromatic N) is 4. The van der Waals surface area contributed by atoms with Gasteiger partial charge in [0.25, 0.3) is 5.91 Å². The molecule has 0 fully saturated rings. The highest BCUT2D eigenvalue weighted by atomic mass is 32.1. The number of aromatic nitrogens is 3. The van der Waals surface area contributed by atoms with Crippen LogP contribution in [0.25, 0.3) is 5.69 Å². The van der Waals surface area contributed by atoms with Crippen LogP contribution in [0.3, 0.4) is 0 Å². The molecule has 7 nitrogen and oxygen atoms in total. The van der Waals surface area contributed by atoms with Crippen molar-refractivity contribution in [2.75, 3.05) is 19.4 Å². The van der Waals surface area contributed by atoms with Gasteiger partial charge in [-0.1, -0.05) is 23.5 Å². The fourth-order valence-corrected chi connectivity index (χ4v) is 3.99. The normalized spacial score (nSPS) is 10.8. The number of benzene rings is 1. The first-order chi connectivity index (χ1) is 13.7. The van der Waals surface area contributed by atoms with Gasteiger partial charge in [0.2, 0.25) is 5.91 Å². The molecule has 2 aromatic heterocycles. The van der Waals surface area contributed by atoms with Crippen molar-refractivity contribution < 1.29 is 9.59 Å². The fourth-order valence-electron chi connectivity index (χ4n) is 2.99. The SMILES string of the molecule is Cc1cc(C)n(-c2ccc(CCC(=O)Nc3nc(C)c(C(=O)N(C)C)s3)cc2)n1. The van der Waals surface area contributed by atoms with Gasteiger partial charge in [-0.2, -0.15) is 5.10 Å². The van der Waals surface area contributed by atoms with Gasteiger partial charge in [-0.15, -0.1) is 0 Å². The molecule has 0 spiro atoms. The average Bonchev–Trinajstić information content (AvgIpc) is 3.20. The average molecular weight is 412 g/mol. The number of carbonyl (C=O) groups excluding carboxylic acids is 2. The monoisotopic (exact) mass is 411 g/mol. The maximum Gasteiger partial charge on any atom is 0.265 e. The molecular formula is C21H25N5O2S. The quantitative estimate of drug-likeness (QED) is 0.673. The van der Waals surface area contributed by atoms with Crippen molar-refractivity contribution in [2.24, 2.45) is 0 Å². The molecule has 3 aromatic rings. The van der Waals surface area contributed by atoms with Crippen LogP contribution in [-0.4, -0.2) is 45.6 Å². The third-order valence-corrected chi connectivity index (χ3v) is 5.54. The van der Waals surface area contributed by atoms with Gasteiger partial charge < -0.3 is 10.2 Å². The van der Waals surface area contributed by atoms with Gasteiger partial charge in [0.15, 0.2) is 5.13 Å². The highest BCUT2D eigenvalue weighted by Crippen LogP contribution is 2.24. The lowest BCUT2D eigenvalue weighted by Crippen LogP contribution is -2.21. The van der Waals surface area contributed by atoms with E-state index in [2.05, 4.69) is 15.4 Å². The zero-order valence-electron chi connectivity index (χ0n) is 17.3. The van der Waals surface area contributed by atoms with Gasteiger partial charge in [-0.3, -0.25) is 9.59 Å². The second kappa shape index (κ2) is 8.57. The first kappa shape index (κ1) is 20.7. The second-order valence-electron chi connectivity index (χ2n) is 7.19. The molecule has 0 aliphatic rings. The molecule has 0 saturated heterocycles. The zero-order valence-corrected chi connectivity index (χ0v) is 18.1. The molecule has 2 heterocycles. The summed E-state index contributed by atoms with van der Waals surface area (Å²) in [4.78, 5) is 30.7. The van der Waals surface area contributed by atoms with Crippen LogP contribution in [0.15, 0.2) is 30.3 Å².